The lowest BCUT2D eigenvalue weighted by Gasteiger charge is -2.31. The minimum absolute atomic E-state index is 0.0392. The van der Waals surface area contributed by atoms with E-state index >= 15 is 0 Å². The Labute approximate surface area is 106 Å². The first-order valence-electron chi connectivity index (χ1n) is 5.70. The summed E-state index contributed by atoms with van der Waals surface area (Å²) in [6.45, 7) is 2.99. The molecule has 0 unspecified atom stereocenters. The molecule has 1 aliphatic rings. The Bertz CT molecular complexity index is 439. The maximum atomic E-state index is 12.3. The number of halogens is 1. The Morgan fingerprint density at radius 3 is 2.65 bits per heavy atom. The molecule has 17 heavy (non-hydrogen) atoms. The number of rotatable bonds is 2. The molecular formula is C13H16ClNO2. The van der Waals surface area contributed by atoms with E-state index in [-0.39, 0.29) is 5.78 Å². The first-order chi connectivity index (χ1) is 8.03. The van der Waals surface area contributed by atoms with Crippen molar-refractivity contribution in [2.24, 2.45) is 5.73 Å². The Hall–Kier alpha value is -0.900. The molecule has 1 aromatic rings. The van der Waals surface area contributed by atoms with E-state index in [1.54, 1.807) is 12.1 Å². The number of benzene rings is 1. The minimum Gasteiger partial charge on any atom is -0.381 e. The van der Waals surface area contributed by atoms with Crippen LogP contribution in [0.2, 0.25) is 5.02 Å². The monoisotopic (exact) mass is 253 g/mol. The molecule has 0 aromatic heterocycles. The van der Waals surface area contributed by atoms with Gasteiger partial charge in [0.1, 0.15) is 0 Å². The molecule has 3 nitrogen and oxygen atoms in total. The maximum Gasteiger partial charge on any atom is 0.182 e. The molecule has 0 aliphatic carbocycles. The van der Waals surface area contributed by atoms with Crippen molar-refractivity contribution in [2.75, 3.05) is 13.2 Å². The number of Topliss-reactive ketones (excluding diaryl/α,β-unsaturated/α-hetero) is 1. The fourth-order valence-corrected chi connectivity index (χ4v) is 2.16. The number of nitrogens with two attached hydrogens (primary N) is 1. The summed E-state index contributed by atoms with van der Waals surface area (Å²) in [4.78, 5) is 12.3. The van der Waals surface area contributed by atoms with Crippen LogP contribution in [0, 0.1) is 6.92 Å². The molecule has 0 amide bonds. The number of ether oxygens (including phenoxy) is 1. The number of aryl methyl sites for hydroxylation is 1. The quantitative estimate of drug-likeness (QED) is 0.823. The average molecular weight is 254 g/mol. The van der Waals surface area contributed by atoms with Crippen LogP contribution in [0.3, 0.4) is 0 Å². The van der Waals surface area contributed by atoms with E-state index in [0.29, 0.717) is 36.6 Å². The van der Waals surface area contributed by atoms with Crippen molar-refractivity contribution in [1.82, 2.24) is 0 Å². The van der Waals surface area contributed by atoms with E-state index in [0.717, 1.165) is 5.56 Å². The summed E-state index contributed by atoms with van der Waals surface area (Å²) in [5.41, 5.74) is 6.90. The third-order valence-corrected chi connectivity index (χ3v) is 3.68. The van der Waals surface area contributed by atoms with Gasteiger partial charge in [-0.2, -0.15) is 0 Å². The molecule has 1 aromatic carbocycles. The second kappa shape index (κ2) is 4.77. The van der Waals surface area contributed by atoms with Crippen LogP contribution in [0.4, 0.5) is 0 Å². The standard InChI is InChI=1S/C13H16ClNO2/c1-9-2-3-10(8-11(9)14)12(16)13(15)4-6-17-7-5-13/h2-3,8H,4-7,15H2,1H3. The zero-order chi connectivity index (χ0) is 12.5. The molecule has 0 saturated carbocycles. The van der Waals surface area contributed by atoms with Crippen LogP contribution < -0.4 is 5.73 Å². The smallest absolute Gasteiger partial charge is 0.182 e. The highest BCUT2D eigenvalue weighted by molar-refractivity contribution is 6.31. The van der Waals surface area contributed by atoms with Gasteiger partial charge in [-0.3, -0.25) is 4.79 Å². The fraction of sp³-hybridized carbons (Fsp3) is 0.462. The van der Waals surface area contributed by atoms with Gasteiger partial charge < -0.3 is 10.5 Å². The lowest BCUT2D eigenvalue weighted by molar-refractivity contribution is 0.0448. The predicted octanol–water partition coefficient (Wildman–Crippen LogP) is 2.34. The summed E-state index contributed by atoms with van der Waals surface area (Å²) in [6.07, 6.45) is 1.13. The molecule has 0 radical (unpaired) electrons. The summed E-state index contributed by atoms with van der Waals surface area (Å²) in [7, 11) is 0. The SMILES string of the molecule is Cc1ccc(C(=O)C2(N)CCOCC2)cc1Cl. The number of ketones is 1. The van der Waals surface area contributed by atoms with Gasteiger partial charge in [-0.05, 0) is 31.4 Å². The molecule has 0 atom stereocenters. The Morgan fingerprint density at radius 1 is 1.41 bits per heavy atom. The Balaban J connectivity index is 2.26. The van der Waals surface area contributed by atoms with Crippen LogP contribution in [0.5, 0.6) is 0 Å². The summed E-state index contributed by atoms with van der Waals surface area (Å²) in [6, 6.07) is 5.33. The molecule has 1 fully saturated rings. The highest BCUT2D eigenvalue weighted by atomic mass is 35.5. The molecule has 2 rings (SSSR count). The largest absolute Gasteiger partial charge is 0.381 e. The average Bonchev–Trinajstić information content (AvgIpc) is 2.33. The number of hydrogen-bond acceptors (Lipinski definition) is 3. The Kier molecular flexibility index (Phi) is 3.52. The van der Waals surface area contributed by atoms with E-state index in [1.807, 2.05) is 13.0 Å². The van der Waals surface area contributed by atoms with Crippen LogP contribution in [0.25, 0.3) is 0 Å². The van der Waals surface area contributed by atoms with Crippen molar-refractivity contribution in [3.8, 4) is 0 Å². The van der Waals surface area contributed by atoms with E-state index in [1.165, 1.54) is 0 Å². The van der Waals surface area contributed by atoms with Gasteiger partial charge in [-0.25, -0.2) is 0 Å². The van der Waals surface area contributed by atoms with Crippen molar-refractivity contribution in [3.05, 3.63) is 34.3 Å². The molecule has 0 spiro atoms. The number of hydrogen-bond donors (Lipinski definition) is 1. The molecule has 0 bridgehead atoms. The second-order valence-corrected chi connectivity index (χ2v) is 4.97. The van der Waals surface area contributed by atoms with Crippen LogP contribution >= 0.6 is 11.6 Å². The molecule has 4 heteroatoms. The van der Waals surface area contributed by atoms with Crippen molar-refractivity contribution in [2.45, 2.75) is 25.3 Å². The van der Waals surface area contributed by atoms with Gasteiger partial charge >= 0.3 is 0 Å². The van der Waals surface area contributed by atoms with Crippen molar-refractivity contribution in [1.29, 1.82) is 0 Å². The molecule has 1 saturated heterocycles. The Morgan fingerprint density at radius 2 is 2.06 bits per heavy atom. The van der Waals surface area contributed by atoms with Crippen molar-refractivity contribution >= 4 is 17.4 Å². The van der Waals surface area contributed by atoms with Crippen molar-refractivity contribution in [3.63, 3.8) is 0 Å². The number of carbonyl (C=O) groups excluding carboxylic acids is 1. The fourth-order valence-electron chi connectivity index (χ4n) is 1.98. The van der Waals surface area contributed by atoms with Crippen molar-refractivity contribution < 1.29 is 9.53 Å². The molecule has 2 N–H and O–H groups in total. The van der Waals surface area contributed by atoms with Gasteiger partial charge in [0.15, 0.2) is 5.78 Å². The zero-order valence-electron chi connectivity index (χ0n) is 9.83. The summed E-state index contributed by atoms with van der Waals surface area (Å²) >= 11 is 6.02. The first kappa shape index (κ1) is 12.6. The normalized spacial score (nSPS) is 19.0. The van der Waals surface area contributed by atoms with Crippen LogP contribution in [-0.2, 0) is 4.74 Å². The minimum atomic E-state index is -0.795. The molecular weight excluding hydrogens is 238 g/mol. The summed E-state index contributed by atoms with van der Waals surface area (Å²) in [5.74, 6) is -0.0392. The van der Waals surface area contributed by atoms with E-state index in [2.05, 4.69) is 0 Å². The highest BCUT2D eigenvalue weighted by Crippen LogP contribution is 2.25. The van der Waals surface area contributed by atoms with Gasteiger partial charge in [0.2, 0.25) is 0 Å². The van der Waals surface area contributed by atoms with Gasteiger partial charge in [-0.15, -0.1) is 0 Å². The van der Waals surface area contributed by atoms with Crippen LogP contribution in [0.15, 0.2) is 18.2 Å². The molecule has 1 heterocycles. The summed E-state index contributed by atoms with van der Waals surface area (Å²) < 4.78 is 5.24. The van der Waals surface area contributed by atoms with Gasteiger partial charge in [-0.1, -0.05) is 23.7 Å². The van der Waals surface area contributed by atoms with Crippen LogP contribution in [0.1, 0.15) is 28.8 Å². The van der Waals surface area contributed by atoms with E-state index in [9.17, 15) is 4.79 Å². The zero-order valence-corrected chi connectivity index (χ0v) is 10.6. The number of carbonyl (C=O) groups is 1. The molecule has 1 aliphatic heterocycles. The first-order valence-corrected chi connectivity index (χ1v) is 6.08. The van der Waals surface area contributed by atoms with Crippen LogP contribution in [-0.4, -0.2) is 24.5 Å². The highest BCUT2D eigenvalue weighted by Gasteiger charge is 2.36. The van der Waals surface area contributed by atoms with Gasteiger partial charge in [0.05, 0.1) is 5.54 Å². The third-order valence-electron chi connectivity index (χ3n) is 3.27. The lowest BCUT2D eigenvalue weighted by atomic mass is 9.83. The maximum absolute atomic E-state index is 12.3. The third kappa shape index (κ3) is 2.51. The van der Waals surface area contributed by atoms with Gasteiger partial charge in [0, 0.05) is 23.8 Å². The van der Waals surface area contributed by atoms with Gasteiger partial charge in [0.25, 0.3) is 0 Å². The topological polar surface area (TPSA) is 52.3 Å². The van der Waals surface area contributed by atoms with E-state index < -0.39 is 5.54 Å². The molecule has 92 valence electrons. The predicted molar refractivity (Wildman–Crippen MR) is 67.5 cm³/mol. The summed E-state index contributed by atoms with van der Waals surface area (Å²) in [5, 5.41) is 0.603. The van der Waals surface area contributed by atoms with E-state index in [4.69, 9.17) is 22.1 Å². The second-order valence-electron chi connectivity index (χ2n) is 4.56. The lowest BCUT2D eigenvalue weighted by Crippen LogP contribution is -2.51.